The molecule has 3 aromatic heterocycles. The fraction of sp³-hybridized carbons (Fsp3) is 0.0435. The van der Waals surface area contributed by atoms with Crippen LogP contribution < -0.4 is 5.32 Å². The van der Waals surface area contributed by atoms with Crippen molar-refractivity contribution in [3.63, 3.8) is 0 Å². The van der Waals surface area contributed by atoms with Gasteiger partial charge in [0.25, 0.3) is 0 Å². The molecule has 5 aromatic rings. The number of anilines is 2. The van der Waals surface area contributed by atoms with E-state index in [-0.39, 0.29) is 11.6 Å². The molecule has 0 unspecified atom stereocenters. The fourth-order valence-electron chi connectivity index (χ4n) is 3.43. The third-order valence-electron chi connectivity index (χ3n) is 4.99. The molecule has 0 aliphatic carbocycles. The first-order valence-electron chi connectivity index (χ1n) is 9.87. The minimum absolute atomic E-state index is 0.102. The van der Waals surface area contributed by atoms with E-state index in [9.17, 15) is 22.0 Å². The van der Waals surface area contributed by atoms with Gasteiger partial charge in [0.2, 0.25) is 5.95 Å². The van der Waals surface area contributed by atoms with Gasteiger partial charge in [-0.25, -0.2) is 18.7 Å². The van der Waals surface area contributed by atoms with Gasteiger partial charge in [-0.05, 0) is 42.5 Å². The number of nitrogens with one attached hydrogen (secondary N) is 1. The largest absolute Gasteiger partial charge is 0.416 e. The number of benzene rings is 2. The molecule has 5 rings (SSSR count). The minimum Gasteiger partial charge on any atom is -0.324 e. The number of halogens is 5. The number of nitrogens with zero attached hydrogens (tertiary/aromatic N) is 5. The molecule has 6 nitrogen and oxygen atoms in total. The highest BCUT2D eigenvalue weighted by atomic mass is 19.4. The van der Waals surface area contributed by atoms with Crippen molar-refractivity contribution in [3.05, 3.63) is 90.3 Å². The van der Waals surface area contributed by atoms with E-state index >= 15 is 0 Å². The zero-order valence-electron chi connectivity index (χ0n) is 17.1. The second-order valence-corrected chi connectivity index (χ2v) is 7.22. The zero-order chi connectivity index (χ0) is 23.9. The van der Waals surface area contributed by atoms with Crippen molar-refractivity contribution in [2.45, 2.75) is 6.18 Å². The Bertz CT molecular complexity index is 1490. The van der Waals surface area contributed by atoms with E-state index in [0.717, 1.165) is 24.3 Å². The van der Waals surface area contributed by atoms with E-state index < -0.39 is 23.4 Å². The normalized spacial score (nSPS) is 11.7. The second-order valence-electron chi connectivity index (χ2n) is 7.22. The van der Waals surface area contributed by atoms with Crippen molar-refractivity contribution < 1.29 is 22.0 Å². The summed E-state index contributed by atoms with van der Waals surface area (Å²) < 4.78 is 67.2. The number of rotatable bonds is 4. The number of hydrogen-bond acceptors (Lipinski definition) is 5. The molecule has 0 aliphatic heterocycles. The molecule has 0 aliphatic rings. The van der Waals surface area contributed by atoms with Crippen molar-refractivity contribution in [3.8, 4) is 22.5 Å². The van der Waals surface area contributed by atoms with E-state index in [0.29, 0.717) is 28.0 Å². The molecule has 0 bridgehead atoms. The van der Waals surface area contributed by atoms with Gasteiger partial charge in [-0.15, -0.1) is 5.10 Å². The molecule has 0 saturated carbocycles. The van der Waals surface area contributed by atoms with Gasteiger partial charge in [0.15, 0.2) is 11.6 Å². The van der Waals surface area contributed by atoms with Gasteiger partial charge in [-0.1, -0.05) is 12.1 Å². The summed E-state index contributed by atoms with van der Waals surface area (Å²) in [5, 5.41) is 11.4. The van der Waals surface area contributed by atoms with Crippen molar-refractivity contribution in [2.75, 3.05) is 5.32 Å². The van der Waals surface area contributed by atoms with Crippen molar-refractivity contribution in [2.24, 2.45) is 0 Å². The molecule has 0 amide bonds. The summed E-state index contributed by atoms with van der Waals surface area (Å²) in [6.45, 7) is 0. The standard InChI is InChI=1S/C23H13F5N6/c24-16-8-7-15(12-17(16)25)31-22-29-11-9-18(32-22)20-19-2-1-10-30-34(19)33-21(20)13-3-5-14(6-4-13)23(26,27)28/h1-12H,(H,29,31,32). The van der Waals surface area contributed by atoms with Crippen LogP contribution in [-0.4, -0.2) is 24.8 Å². The topological polar surface area (TPSA) is 68.0 Å². The van der Waals surface area contributed by atoms with Crippen LogP contribution in [0.4, 0.5) is 33.6 Å². The number of aromatic nitrogens is 5. The highest BCUT2D eigenvalue weighted by molar-refractivity contribution is 5.90. The van der Waals surface area contributed by atoms with Crippen LogP contribution in [0.2, 0.25) is 0 Å². The molecule has 0 saturated heterocycles. The maximum atomic E-state index is 13.6. The van der Waals surface area contributed by atoms with Gasteiger partial charge < -0.3 is 5.32 Å². The highest BCUT2D eigenvalue weighted by Crippen LogP contribution is 2.36. The molecule has 0 radical (unpaired) electrons. The van der Waals surface area contributed by atoms with Crippen LogP contribution in [0.3, 0.4) is 0 Å². The average molecular weight is 468 g/mol. The summed E-state index contributed by atoms with van der Waals surface area (Å²) in [5.41, 5.74) is 1.74. The number of alkyl halides is 3. The number of fused-ring (bicyclic) bond motifs is 1. The van der Waals surface area contributed by atoms with Gasteiger partial charge in [0.1, 0.15) is 5.69 Å². The maximum Gasteiger partial charge on any atom is 0.416 e. The van der Waals surface area contributed by atoms with Crippen molar-refractivity contribution in [1.29, 1.82) is 0 Å². The quantitative estimate of drug-likeness (QED) is 0.333. The van der Waals surface area contributed by atoms with Crippen LogP contribution >= 0.6 is 0 Å². The zero-order valence-corrected chi connectivity index (χ0v) is 17.1. The molecular formula is C23H13F5N6. The Hall–Kier alpha value is -4.41. The molecule has 0 fully saturated rings. The Labute approximate surface area is 188 Å². The molecule has 2 aromatic carbocycles. The van der Waals surface area contributed by atoms with Crippen LogP contribution in [0.1, 0.15) is 5.56 Å². The predicted octanol–water partition coefficient (Wildman–Crippen LogP) is 5.89. The Morgan fingerprint density at radius 2 is 1.65 bits per heavy atom. The first kappa shape index (κ1) is 21.4. The lowest BCUT2D eigenvalue weighted by molar-refractivity contribution is -0.137. The molecule has 11 heteroatoms. The Kier molecular flexibility index (Phi) is 5.16. The van der Waals surface area contributed by atoms with E-state index in [1.54, 1.807) is 18.2 Å². The van der Waals surface area contributed by atoms with Gasteiger partial charge in [-0.3, -0.25) is 0 Å². The summed E-state index contributed by atoms with van der Waals surface area (Å²) in [6, 6.07) is 12.9. The van der Waals surface area contributed by atoms with Gasteiger partial charge in [-0.2, -0.15) is 22.9 Å². The first-order valence-corrected chi connectivity index (χ1v) is 9.87. The molecule has 3 heterocycles. The van der Waals surface area contributed by atoms with Gasteiger partial charge >= 0.3 is 6.18 Å². The lowest BCUT2D eigenvalue weighted by atomic mass is 10.0. The number of hydrogen-bond donors (Lipinski definition) is 1. The fourth-order valence-corrected chi connectivity index (χ4v) is 3.43. The molecule has 34 heavy (non-hydrogen) atoms. The smallest absolute Gasteiger partial charge is 0.324 e. The average Bonchev–Trinajstić information content (AvgIpc) is 3.21. The summed E-state index contributed by atoms with van der Waals surface area (Å²) >= 11 is 0. The van der Waals surface area contributed by atoms with Crippen molar-refractivity contribution >= 4 is 17.2 Å². The third kappa shape index (κ3) is 4.03. The molecular weight excluding hydrogens is 455 g/mol. The van der Waals surface area contributed by atoms with Crippen LogP contribution in [0.5, 0.6) is 0 Å². The summed E-state index contributed by atoms with van der Waals surface area (Å²) in [6.07, 6.45) is -1.48. The van der Waals surface area contributed by atoms with Crippen LogP contribution in [0, 0.1) is 11.6 Å². The lowest BCUT2D eigenvalue weighted by Gasteiger charge is -2.09. The van der Waals surface area contributed by atoms with Crippen LogP contribution in [0.25, 0.3) is 28.0 Å². The third-order valence-corrected chi connectivity index (χ3v) is 4.99. The van der Waals surface area contributed by atoms with Crippen LogP contribution in [0.15, 0.2) is 73.1 Å². The molecule has 1 N–H and O–H groups in total. The maximum absolute atomic E-state index is 13.6. The van der Waals surface area contributed by atoms with E-state index in [1.165, 1.54) is 35.2 Å². The summed E-state index contributed by atoms with van der Waals surface area (Å²) in [5.74, 6) is -1.91. The van der Waals surface area contributed by atoms with E-state index in [2.05, 4.69) is 25.5 Å². The second kappa shape index (κ2) is 8.18. The van der Waals surface area contributed by atoms with Crippen LogP contribution in [-0.2, 0) is 6.18 Å². The Balaban J connectivity index is 1.60. The SMILES string of the molecule is Fc1ccc(Nc2nccc(-c3c(-c4ccc(C(F)(F)F)cc4)nn4ncccc34)n2)cc1F. The minimum atomic E-state index is -4.46. The highest BCUT2D eigenvalue weighted by Gasteiger charge is 2.30. The van der Waals surface area contributed by atoms with Crippen molar-refractivity contribution in [1.82, 2.24) is 24.8 Å². The summed E-state index contributed by atoms with van der Waals surface area (Å²) in [4.78, 5) is 8.57. The van der Waals surface area contributed by atoms with E-state index in [1.807, 2.05) is 0 Å². The summed E-state index contributed by atoms with van der Waals surface area (Å²) in [7, 11) is 0. The molecule has 0 spiro atoms. The van der Waals surface area contributed by atoms with E-state index in [4.69, 9.17) is 0 Å². The Morgan fingerprint density at radius 3 is 2.38 bits per heavy atom. The first-order chi connectivity index (χ1) is 16.3. The monoisotopic (exact) mass is 468 g/mol. The van der Waals surface area contributed by atoms with Gasteiger partial charge in [0.05, 0.1) is 22.3 Å². The predicted molar refractivity (Wildman–Crippen MR) is 114 cm³/mol. The molecule has 170 valence electrons. The van der Waals surface area contributed by atoms with Gasteiger partial charge in [0, 0.05) is 29.7 Å². The lowest BCUT2D eigenvalue weighted by Crippen LogP contribution is -2.04. The Morgan fingerprint density at radius 1 is 0.853 bits per heavy atom. The molecule has 0 atom stereocenters.